The molecule has 0 unspecified atom stereocenters. The molecule has 0 saturated carbocycles. The molecule has 1 N–H and O–H groups in total. The zero-order valence-corrected chi connectivity index (χ0v) is 18.2. The third kappa shape index (κ3) is 3.23. The van der Waals surface area contributed by atoms with Gasteiger partial charge in [0.15, 0.2) is 0 Å². The van der Waals surface area contributed by atoms with Crippen LogP contribution in [0.5, 0.6) is 11.5 Å². The van der Waals surface area contributed by atoms with Gasteiger partial charge in [-0.05, 0) is 37.3 Å². The van der Waals surface area contributed by atoms with Crippen LogP contribution in [-0.2, 0) is 7.05 Å². The fourth-order valence-electron chi connectivity index (χ4n) is 3.78. The van der Waals surface area contributed by atoms with Gasteiger partial charge in [-0.3, -0.25) is 14.8 Å². The van der Waals surface area contributed by atoms with E-state index in [2.05, 4.69) is 15.3 Å². The van der Waals surface area contributed by atoms with Gasteiger partial charge in [0, 0.05) is 49.7 Å². The second kappa shape index (κ2) is 7.52. The largest absolute Gasteiger partial charge is 0.456 e. The molecule has 1 amide bonds. The first kappa shape index (κ1) is 19.3. The highest BCUT2D eigenvalue weighted by Crippen LogP contribution is 2.39. The number of carbonyl (C=O) groups is 1. The van der Waals surface area contributed by atoms with Gasteiger partial charge < -0.3 is 14.6 Å². The highest BCUT2D eigenvalue weighted by atomic mass is 32.1. The summed E-state index contributed by atoms with van der Waals surface area (Å²) in [6, 6.07) is 15.6. The number of amides is 1. The maximum Gasteiger partial charge on any atom is 0.253 e. The van der Waals surface area contributed by atoms with Gasteiger partial charge in [-0.25, -0.2) is 0 Å². The first-order valence-corrected chi connectivity index (χ1v) is 10.7. The number of nitrogens with one attached hydrogen (secondary N) is 1. The Morgan fingerprint density at radius 1 is 1.10 bits per heavy atom. The Balaban J connectivity index is 1.56. The SMILES string of the molecule is CNC(=O)c1c(C)n(C)c2cc(Oc3ccnc4cc(-c5ccccn5)sc34)ccc12. The maximum atomic E-state index is 12.3. The number of fused-ring (bicyclic) bond motifs is 2. The first-order valence-electron chi connectivity index (χ1n) is 9.85. The number of thiophene rings is 1. The van der Waals surface area contributed by atoms with Crippen molar-refractivity contribution in [2.24, 2.45) is 7.05 Å². The van der Waals surface area contributed by atoms with Gasteiger partial charge in [0.2, 0.25) is 0 Å². The smallest absolute Gasteiger partial charge is 0.253 e. The molecule has 4 heterocycles. The summed E-state index contributed by atoms with van der Waals surface area (Å²) in [6.45, 7) is 1.95. The van der Waals surface area contributed by atoms with Gasteiger partial charge in [0.05, 0.1) is 31.9 Å². The summed E-state index contributed by atoms with van der Waals surface area (Å²) in [7, 11) is 3.60. The van der Waals surface area contributed by atoms with Gasteiger partial charge >= 0.3 is 0 Å². The second-order valence-corrected chi connectivity index (χ2v) is 8.28. The van der Waals surface area contributed by atoms with Gasteiger partial charge in [-0.1, -0.05) is 6.07 Å². The summed E-state index contributed by atoms with van der Waals surface area (Å²) in [5.41, 5.74) is 4.34. The Morgan fingerprint density at radius 2 is 1.97 bits per heavy atom. The van der Waals surface area contributed by atoms with Crippen molar-refractivity contribution in [3.05, 3.63) is 72.2 Å². The number of pyridine rings is 2. The number of ether oxygens (including phenoxy) is 1. The quantitative estimate of drug-likeness (QED) is 0.421. The normalized spacial score (nSPS) is 11.2. The molecule has 4 aromatic heterocycles. The zero-order chi connectivity index (χ0) is 21.5. The van der Waals surface area contributed by atoms with Crippen molar-refractivity contribution in [2.75, 3.05) is 7.05 Å². The Hall–Kier alpha value is -3.71. The van der Waals surface area contributed by atoms with Gasteiger partial charge in [-0.2, -0.15) is 0 Å². The van der Waals surface area contributed by atoms with Crippen molar-refractivity contribution >= 4 is 38.4 Å². The fourth-order valence-corrected chi connectivity index (χ4v) is 4.82. The van der Waals surface area contributed by atoms with Crippen molar-refractivity contribution in [3.8, 4) is 22.1 Å². The number of carbonyl (C=O) groups excluding carboxylic acids is 1. The summed E-state index contributed by atoms with van der Waals surface area (Å²) >= 11 is 1.61. The molecule has 0 radical (unpaired) electrons. The molecular weight excluding hydrogens is 408 g/mol. The van der Waals surface area contributed by atoms with Crippen molar-refractivity contribution in [1.82, 2.24) is 19.9 Å². The molecule has 0 spiro atoms. The van der Waals surface area contributed by atoms with Crippen LogP contribution in [0.15, 0.2) is 60.9 Å². The van der Waals surface area contributed by atoms with Crippen molar-refractivity contribution in [1.29, 1.82) is 0 Å². The van der Waals surface area contributed by atoms with Crippen molar-refractivity contribution < 1.29 is 9.53 Å². The summed E-state index contributed by atoms with van der Waals surface area (Å²) < 4.78 is 9.26. The van der Waals surface area contributed by atoms with Crippen LogP contribution in [0, 0.1) is 6.92 Å². The Morgan fingerprint density at radius 3 is 2.74 bits per heavy atom. The monoisotopic (exact) mass is 428 g/mol. The molecule has 5 aromatic rings. The number of nitrogens with zero attached hydrogens (tertiary/aromatic N) is 3. The molecule has 0 bridgehead atoms. The molecule has 154 valence electrons. The Bertz CT molecular complexity index is 1440. The van der Waals surface area contributed by atoms with Crippen LogP contribution in [0.3, 0.4) is 0 Å². The van der Waals surface area contributed by atoms with E-state index < -0.39 is 0 Å². The first-order chi connectivity index (χ1) is 15.1. The Kier molecular flexibility index (Phi) is 4.67. The number of hydrogen-bond acceptors (Lipinski definition) is 5. The highest BCUT2D eigenvalue weighted by Gasteiger charge is 2.18. The molecule has 0 aliphatic heterocycles. The van der Waals surface area contributed by atoms with Crippen molar-refractivity contribution in [3.63, 3.8) is 0 Å². The standard InChI is InChI=1S/C24H20N4O2S/c1-14-22(24(29)25-2)16-8-7-15(12-19(16)28(14)3)30-20-9-11-27-18-13-21(31-23(18)20)17-6-4-5-10-26-17/h4-13H,1-3H3,(H,25,29). The van der Waals surface area contributed by atoms with E-state index in [1.807, 2.05) is 67.1 Å². The van der Waals surface area contributed by atoms with Crippen LogP contribution in [0.1, 0.15) is 16.1 Å². The van der Waals surface area contributed by atoms with Gasteiger partial charge in [0.1, 0.15) is 11.5 Å². The molecule has 6 nitrogen and oxygen atoms in total. The molecular formula is C24H20N4O2S. The van der Waals surface area contributed by atoms with E-state index in [4.69, 9.17) is 4.74 Å². The molecule has 0 aliphatic rings. The average molecular weight is 429 g/mol. The number of hydrogen-bond donors (Lipinski definition) is 1. The van der Waals surface area contributed by atoms with Gasteiger partial charge in [0.25, 0.3) is 5.91 Å². The van der Waals surface area contributed by atoms with Crippen LogP contribution < -0.4 is 10.1 Å². The van der Waals surface area contributed by atoms with E-state index in [0.29, 0.717) is 11.3 Å². The highest BCUT2D eigenvalue weighted by molar-refractivity contribution is 7.22. The molecule has 0 saturated heterocycles. The number of aryl methyl sites for hydroxylation is 1. The summed E-state index contributed by atoms with van der Waals surface area (Å²) in [4.78, 5) is 22.3. The average Bonchev–Trinajstić information content (AvgIpc) is 3.34. The van der Waals surface area contributed by atoms with E-state index in [1.54, 1.807) is 30.8 Å². The molecule has 0 aliphatic carbocycles. The lowest BCUT2D eigenvalue weighted by Crippen LogP contribution is -2.18. The second-order valence-electron chi connectivity index (χ2n) is 7.23. The van der Waals surface area contributed by atoms with Crippen LogP contribution in [-0.4, -0.2) is 27.5 Å². The predicted molar refractivity (Wildman–Crippen MR) is 124 cm³/mol. The van der Waals surface area contributed by atoms with E-state index in [1.165, 1.54) is 0 Å². The molecule has 31 heavy (non-hydrogen) atoms. The third-order valence-electron chi connectivity index (χ3n) is 5.44. The summed E-state index contributed by atoms with van der Waals surface area (Å²) in [5.74, 6) is 1.36. The molecule has 1 aromatic carbocycles. The number of aromatic nitrogens is 3. The number of rotatable bonds is 4. The van der Waals surface area contributed by atoms with E-state index in [0.717, 1.165) is 43.1 Å². The van der Waals surface area contributed by atoms with Crippen LogP contribution in [0.2, 0.25) is 0 Å². The minimum absolute atomic E-state index is 0.0896. The van der Waals surface area contributed by atoms with Crippen molar-refractivity contribution in [2.45, 2.75) is 6.92 Å². The summed E-state index contributed by atoms with van der Waals surface area (Å²) in [6.07, 6.45) is 3.54. The maximum absolute atomic E-state index is 12.3. The molecule has 0 fully saturated rings. The zero-order valence-electron chi connectivity index (χ0n) is 17.3. The number of benzene rings is 1. The molecule has 5 rings (SSSR count). The van der Waals surface area contributed by atoms with E-state index in [9.17, 15) is 4.79 Å². The van der Waals surface area contributed by atoms with E-state index >= 15 is 0 Å². The third-order valence-corrected chi connectivity index (χ3v) is 6.60. The van der Waals surface area contributed by atoms with E-state index in [-0.39, 0.29) is 5.91 Å². The van der Waals surface area contributed by atoms with Gasteiger partial charge in [-0.15, -0.1) is 11.3 Å². The minimum atomic E-state index is -0.0896. The fraction of sp³-hybridized carbons (Fsp3) is 0.125. The van der Waals surface area contributed by atoms with Crippen LogP contribution in [0.4, 0.5) is 0 Å². The molecule has 0 atom stereocenters. The Labute approximate surface area is 183 Å². The van der Waals surface area contributed by atoms with Crippen LogP contribution >= 0.6 is 11.3 Å². The topological polar surface area (TPSA) is 69.0 Å². The lowest BCUT2D eigenvalue weighted by molar-refractivity contribution is 0.0964. The minimum Gasteiger partial charge on any atom is -0.456 e. The molecule has 7 heteroatoms. The van der Waals surface area contributed by atoms with Crippen LogP contribution in [0.25, 0.3) is 31.7 Å². The predicted octanol–water partition coefficient (Wildman–Crippen LogP) is 5.31. The lowest BCUT2D eigenvalue weighted by atomic mass is 10.1. The summed E-state index contributed by atoms with van der Waals surface area (Å²) in [5, 5.41) is 3.63. The lowest BCUT2D eigenvalue weighted by Gasteiger charge is -2.07.